The summed E-state index contributed by atoms with van der Waals surface area (Å²) >= 11 is 3.39. The van der Waals surface area contributed by atoms with Gasteiger partial charge in [-0.15, -0.1) is 0 Å². The van der Waals surface area contributed by atoms with Crippen LogP contribution in [0, 0.1) is 5.92 Å². The molecule has 1 fully saturated rings. The third-order valence-electron chi connectivity index (χ3n) is 3.32. The summed E-state index contributed by atoms with van der Waals surface area (Å²) in [5, 5.41) is 0. The van der Waals surface area contributed by atoms with Crippen molar-refractivity contribution < 1.29 is 0 Å². The molecule has 2 rings (SSSR count). The molecule has 1 atom stereocenters. The molecule has 3 nitrogen and oxygen atoms in total. The Bertz CT molecular complexity index is 322. The number of rotatable bonds is 5. The second-order valence-corrected chi connectivity index (χ2v) is 5.48. The molecule has 0 amide bonds. The van der Waals surface area contributed by atoms with Crippen molar-refractivity contribution in [3.63, 3.8) is 0 Å². The van der Waals surface area contributed by atoms with Gasteiger partial charge in [0.05, 0.1) is 0 Å². The van der Waals surface area contributed by atoms with E-state index in [0.717, 1.165) is 22.5 Å². The highest BCUT2D eigenvalue weighted by Crippen LogP contribution is 2.30. The molecule has 0 aromatic carbocycles. The van der Waals surface area contributed by atoms with Crippen LogP contribution in [0.15, 0.2) is 22.8 Å². The van der Waals surface area contributed by atoms with Gasteiger partial charge in [-0.3, -0.25) is 16.3 Å². The van der Waals surface area contributed by atoms with Gasteiger partial charge in [0.1, 0.15) is 0 Å². The van der Waals surface area contributed by atoms with Crippen LogP contribution in [0.1, 0.15) is 31.4 Å². The van der Waals surface area contributed by atoms with Crippen molar-refractivity contribution in [3.8, 4) is 0 Å². The highest BCUT2D eigenvalue weighted by Gasteiger charge is 2.21. The molecule has 3 N–H and O–H groups in total. The van der Waals surface area contributed by atoms with E-state index < -0.39 is 0 Å². The summed E-state index contributed by atoms with van der Waals surface area (Å²) in [5.74, 6) is 6.46. The van der Waals surface area contributed by atoms with Gasteiger partial charge in [0.25, 0.3) is 0 Å². The quantitative estimate of drug-likeness (QED) is 0.645. The molecule has 0 aliphatic heterocycles. The van der Waals surface area contributed by atoms with Gasteiger partial charge in [-0.1, -0.05) is 19.3 Å². The molecular formula is C12H18BrN3. The van der Waals surface area contributed by atoms with E-state index in [2.05, 4.69) is 32.4 Å². The molecule has 4 heteroatoms. The van der Waals surface area contributed by atoms with E-state index in [1.54, 1.807) is 0 Å². The molecule has 1 aromatic rings. The van der Waals surface area contributed by atoms with Gasteiger partial charge < -0.3 is 0 Å². The van der Waals surface area contributed by atoms with Crippen LogP contribution in [-0.4, -0.2) is 11.0 Å². The Balaban J connectivity index is 1.87. The fourth-order valence-corrected chi connectivity index (χ4v) is 2.36. The molecule has 88 valence electrons. The van der Waals surface area contributed by atoms with Crippen molar-refractivity contribution in [1.82, 2.24) is 10.4 Å². The fourth-order valence-electron chi connectivity index (χ4n) is 2.12. The van der Waals surface area contributed by atoms with Crippen LogP contribution in [0.25, 0.3) is 0 Å². The SMILES string of the molecule is NNC(Cc1ccc(Br)cn1)CC1CCC1. The lowest BCUT2D eigenvalue weighted by molar-refractivity contribution is 0.259. The summed E-state index contributed by atoms with van der Waals surface area (Å²) in [6, 6.07) is 4.44. The van der Waals surface area contributed by atoms with Crippen molar-refractivity contribution in [2.45, 2.75) is 38.1 Å². The number of hydrazine groups is 1. The predicted octanol–water partition coefficient (Wildman–Crippen LogP) is 2.41. The first kappa shape index (κ1) is 12.0. The summed E-state index contributed by atoms with van der Waals surface area (Å²) in [5.41, 5.74) is 4.01. The maximum absolute atomic E-state index is 5.59. The number of pyridine rings is 1. The Morgan fingerprint density at radius 3 is 2.81 bits per heavy atom. The molecule has 0 spiro atoms. The van der Waals surface area contributed by atoms with E-state index >= 15 is 0 Å². The first-order valence-corrected chi connectivity index (χ1v) is 6.64. The molecule has 16 heavy (non-hydrogen) atoms. The monoisotopic (exact) mass is 283 g/mol. The zero-order valence-electron chi connectivity index (χ0n) is 9.32. The van der Waals surface area contributed by atoms with Crippen LogP contribution in [0.4, 0.5) is 0 Å². The normalized spacial score (nSPS) is 18.1. The van der Waals surface area contributed by atoms with Crippen molar-refractivity contribution in [3.05, 3.63) is 28.5 Å². The minimum absolute atomic E-state index is 0.360. The third kappa shape index (κ3) is 3.27. The highest BCUT2D eigenvalue weighted by atomic mass is 79.9. The van der Waals surface area contributed by atoms with E-state index in [9.17, 15) is 0 Å². The average Bonchev–Trinajstić information content (AvgIpc) is 2.24. The van der Waals surface area contributed by atoms with Crippen LogP contribution in [-0.2, 0) is 6.42 Å². The van der Waals surface area contributed by atoms with Gasteiger partial charge in [-0.05, 0) is 40.4 Å². The Labute approximate surface area is 105 Å². The Morgan fingerprint density at radius 1 is 1.50 bits per heavy atom. The first-order chi connectivity index (χ1) is 7.78. The zero-order valence-corrected chi connectivity index (χ0v) is 10.9. The van der Waals surface area contributed by atoms with Gasteiger partial charge in [0.2, 0.25) is 0 Å². The number of nitrogens with one attached hydrogen (secondary N) is 1. The first-order valence-electron chi connectivity index (χ1n) is 5.84. The third-order valence-corrected chi connectivity index (χ3v) is 3.79. The van der Waals surface area contributed by atoms with Crippen molar-refractivity contribution >= 4 is 15.9 Å². The zero-order chi connectivity index (χ0) is 11.4. The smallest absolute Gasteiger partial charge is 0.0420 e. The van der Waals surface area contributed by atoms with Crippen LogP contribution >= 0.6 is 15.9 Å². The molecule has 1 saturated carbocycles. The van der Waals surface area contributed by atoms with Crippen LogP contribution in [0.2, 0.25) is 0 Å². The summed E-state index contributed by atoms with van der Waals surface area (Å²) < 4.78 is 1.02. The standard InChI is InChI=1S/C12H18BrN3/c13-10-4-5-11(15-8-10)7-12(16-14)6-9-2-1-3-9/h4-5,8-9,12,16H,1-3,6-7,14H2. The topological polar surface area (TPSA) is 50.9 Å². The molecule has 1 unspecified atom stereocenters. The lowest BCUT2D eigenvalue weighted by atomic mass is 9.80. The van der Waals surface area contributed by atoms with Gasteiger partial charge in [-0.2, -0.15) is 0 Å². The maximum Gasteiger partial charge on any atom is 0.0420 e. The number of nitrogens with two attached hydrogens (primary N) is 1. The lowest BCUT2D eigenvalue weighted by Gasteiger charge is -2.29. The summed E-state index contributed by atoms with van der Waals surface area (Å²) in [7, 11) is 0. The van der Waals surface area contributed by atoms with Crippen molar-refractivity contribution in [2.24, 2.45) is 11.8 Å². The maximum atomic E-state index is 5.59. The van der Waals surface area contributed by atoms with E-state index in [0.29, 0.717) is 6.04 Å². The van der Waals surface area contributed by atoms with Crippen LogP contribution < -0.4 is 11.3 Å². The Kier molecular flexibility index (Phi) is 4.32. The molecule has 1 aromatic heterocycles. The second-order valence-electron chi connectivity index (χ2n) is 4.57. The number of hydrogen-bond acceptors (Lipinski definition) is 3. The number of halogens is 1. The van der Waals surface area contributed by atoms with Crippen LogP contribution in [0.5, 0.6) is 0 Å². The Morgan fingerprint density at radius 2 is 2.31 bits per heavy atom. The minimum atomic E-state index is 0.360. The van der Waals surface area contributed by atoms with Crippen molar-refractivity contribution in [2.75, 3.05) is 0 Å². The van der Waals surface area contributed by atoms with Gasteiger partial charge in [0.15, 0.2) is 0 Å². The highest BCUT2D eigenvalue weighted by molar-refractivity contribution is 9.10. The van der Waals surface area contributed by atoms with E-state index in [1.165, 1.54) is 25.7 Å². The minimum Gasteiger partial charge on any atom is -0.271 e. The fraction of sp³-hybridized carbons (Fsp3) is 0.583. The summed E-state index contributed by atoms with van der Waals surface area (Å²) in [4.78, 5) is 4.37. The lowest BCUT2D eigenvalue weighted by Crippen LogP contribution is -2.39. The van der Waals surface area contributed by atoms with Gasteiger partial charge in [0, 0.05) is 28.8 Å². The van der Waals surface area contributed by atoms with Crippen molar-refractivity contribution in [1.29, 1.82) is 0 Å². The van der Waals surface area contributed by atoms with E-state index in [1.807, 2.05) is 12.3 Å². The number of nitrogens with zero attached hydrogens (tertiary/aromatic N) is 1. The largest absolute Gasteiger partial charge is 0.271 e. The molecule has 1 aliphatic rings. The second kappa shape index (κ2) is 5.75. The summed E-state index contributed by atoms with van der Waals surface area (Å²) in [6.07, 6.45) is 8.05. The Hall–Kier alpha value is -0.450. The molecule has 1 heterocycles. The van der Waals surface area contributed by atoms with E-state index in [4.69, 9.17) is 5.84 Å². The van der Waals surface area contributed by atoms with Gasteiger partial charge in [-0.25, -0.2) is 0 Å². The molecular weight excluding hydrogens is 266 g/mol. The van der Waals surface area contributed by atoms with Crippen LogP contribution in [0.3, 0.4) is 0 Å². The predicted molar refractivity (Wildman–Crippen MR) is 68.7 cm³/mol. The molecule has 1 aliphatic carbocycles. The molecule has 0 radical (unpaired) electrons. The molecule has 0 saturated heterocycles. The molecule has 0 bridgehead atoms. The summed E-state index contributed by atoms with van der Waals surface area (Å²) in [6.45, 7) is 0. The number of aromatic nitrogens is 1. The average molecular weight is 284 g/mol. The number of hydrogen-bond donors (Lipinski definition) is 2. The van der Waals surface area contributed by atoms with Gasteiger partial charge >= 0.3 is 0 Å². The van der Waals surface area contributed by atoms with E-state index in [-0.39, 0.29) is 0 Å².